The number of rotatable bonds is 3. The maximum absolute atomic E-state index is 13.0. The summed E-state index contributed by atoms with van der Waals surface area (Å²) in [6.45, 7) is 4.65. The summed E-state index contributed by atoms with van der Waals surface area (Å²) in [6, 6.07) is 6.21. The number of nitrogens with zero attached hydrogens (tertiary/aromatic N) is 1. The number of hydrogen-bond acceptors (Lipinski definition) is 2. The Kier molecular flexibility index (Phi) is 3.50. The molecule has 1 aromatic carbocycles. The van der Waals surface area contributed by atoms with Crippen LogP contribution in [0.25, 0.3) is 0 Å². The molecule has 0 aromatic heterocycles. The number of hydrogen-bond donors (Lipinski definition) is 1. The second-order valence-corrected chi connectivity index (χ2v) is 5.93. The smallest absolute Gasteiger partial charge is 0.230 e. The SMILES string of the molecule is CCN(C(=O)C1CC12CCNCC2)c1ccc(F)cc1. The van der Waals surface area contributed by atoms with Gasteiger partial charge in [-0.15, -0.1) is 0 Å². The third kappa shape index (κ3) is 2.33. The molecule has 1 N–H and O–H groups in total. The lowest BCUT2D eigenvalue weighted by Gasteiger charge is -2.26. The van der Waals surface area contributed by atoms with Crippen molar-refractivity contribution in [3.63, 3.8) is 0 Å². The molecule has 108 valence electrons. The van der Waals surface area contributed by atoms with E-state index in [1.807, 2.05) is 6.92 Å². The van der Waals surface area contributed by atoms with Gasteiger partial charge in [0.1, 0.15) is 5.82 Å². The van der Waals surface area contributed by atoms with Crippen molar-refractivity contribution in [1.82, 2.24) is 5.32 Å². The van der Waals surface area contributed by atoms with Gasteiger partial charge in [0.15, 0.2) is 0 Å². The van der Waals surface area contributed by atoms with Crippen LogP contribution in [0.3, 0.4) is 0 Å². The fourth-order valence-electron chi connectivity index (χ4n) is 3.45. The van der Waals surface area contributed by atoms with E-state index in [-0.39, 0.29) is 23.1 Å². The average Bonchev–Trinajstić information content (AvgIpc) is 3.16. The molecule has 1 heterocycles. The monoisotopic (exact) mass is 276 g/mol. The topological polar surface area (TPSA) is 32.3 Å². The first-order valence-corrected chi connectivity index (χ1v) is 7.44. The fourth-order valence-corrected chi connectivity index (χ4v) is 3.45. The minimum atomic E-state index is -0.265. The molecule has 4 heteroatoms. The van der Waals surface area contributed by atoms with Crippen LogP contribution in [0.2, 0.25) is 0 Å². The Balaban J connectivity index is 1.74. The van der Waals surface area contributed by atoms with E-state index in [1.165, 1.54) is 12.1 Å². The molecule has 1 saturated heterocycles. The van der Waals surface area contributed by atoms with E-state index in [2.05, 4.69) is 5.32 Å². The van der Waals surface area contributed by atoms with Crippen LogP contribution in [0.15, 0.2) is 24.3 Å². The quantitative estimate of drug-likeness (QED) is 0.920. The molecule has 1 aromatic rings. The van der Waals surface area contributed by atoms with Gasteiger partial charge in [-0.3, -0.25) is 4.79 Å². The lowest BCUT2D eigenvalue weighted by atomic mass is 9.91. The maximum atomic E-state index is 13.0. The van der Waals surface area contributed by atoms with Crippen LogP contribution in [0.4, 0.5) is 10.1 Å². The van der Waals surface area contributed by atoms with E-state index < -0.39 is 0 Å². The van der Waals surface area contributed by atoms with Crippen molar-refractivity contribution in [2.75, 3.05) is 24.5 Å². The highest BCUT2D eigenvalue weighted by atomic mass is 19.1. The zero-order chi connectivity index (χ0) is 14.2. The minimum Gasteiger partial charge on any atom is -0.317 e. The Morgan fingerprint density at radius 2 is 2.00 bits per heavy atom. The lowest BCUT2D eigenvalue weighted by molar-refractivity contribution is -0.120. The molecule has 1 aliphatic carbocycles. The van der Waals surface area contributed by atoms with Gasteiger partial charge in [-0.05, 0) is 69.0 Å². The van der Waals surface area contributed by atoms with Gasteiger partial charge < -0.3 is 10.2 Å². The maximum Gasteiger partial charge on any atom is 0.230 e. The number of carbonyl (C=O) groups excluding carboxylic acids is 1. The van der Waals surface area contributed by atoms with Gasteiger partial charge >= 0.3 is 0 Å². The van der Waals surface area contributed by atoms with E-state index >= 15 is 0 Å². The highest BCUT2D eigenvalue weighted by Gasteiger charge is 2.58. The van der Waals surface area contributed by atoms with Crippen LogP contribution in [0.5, 0.6) is 0 Å². The fraction of sp³-hybridized carbons (Fsp3) is 0.562. The molecule has 2 fully saturated rings. The van der Waals surface area contributed by atoms with Gasteiger partial charge in [0.25, 0.3) is 0 Å². The summed E-state index contributed by atoms with van der Waals surface area (Å²) in [5, 5.41) is 3.35. The molecule has 1 unspecified atom stereocenters. The molecule has 20 heavy (non-hydrogen) atoms. The lowest BCUT2D eigenvalue weighted by Crippen LogP contribution is -2.36. The molecule has 2 aliphatic rings. The van der Waals surface area contributed by atoms with Crippen molar-refractivity contribution in [3.8, 4) is 0 Å². The normalized spacial score (nSPS) is 23.6. The zero-order valence-electron chi connectivity index (χ0n) is 11.9. The standard InChI is InChI=1S/C16H21FN2O/c1-2-19(13-5-3-12(17)4-6-13)15(20)14-11-16(14)7-9-18-10-8-16/h3-6,14,18H,2,7-11H2,1H3. The second-order valence-electron chi connectivity index (χ2n) is 5.93. The third-order valence-corrected chi connectivity index (χ3v) is 4.81. The van der Waals surface area contributed by atoms with Crippen molar-refractivity contribution >= 4 is 11.6 Å². The van der Waals surface area contributed by atoms with E-state index in [4.69, 9.17) is 0 Å². The molecular weight excluding hydrogens is 255 g/mol. The van der Waals surface area contributed by atoms with Gasteiger partial charge in [-0.1, -0.05) is 0 Å². The Labute approximate surface area is 119 Å². The van der Waals surface area contributed by atoms with Gasteiger partial charge in [0.05, 0.1) is 0 Å². The predicted octanol–water partition coefficient (Wildman–Crippen LogP) is 2.57. The van der Waals surface area contributed by atoms with Crippen molar-refractivity contribution in [1.29, 1.82) is 0 Å². The van der Waals surface area contributed by atoms with Crippen LogP contribution in [0.1, 0.15) is 26.2 Å². The number of piperidine rings is 1. The van der Waals surface area contributed by atoms with Crippen LogP contribution in [-0.2, 0) is 4.79 Å². The van der Waals surface area contributed by atoms with Crippen molar-refractivity contribution < 1.29 is 9.18 Å². The number of halogens is 1. The van der Waals surface area contributed by atoms with E-state index in [9.17, 15) is 9.18 Å². The molecule has 0 radical (unpaired) electrons. The molecule has 3 nitrogen and oxygen atoms in total. The zero-order valence-corrected chi connectivity index (χ0v) is 11.9. The molecule has 0 bridgehead atoms. The predicted molar refractivity (Wildman–Crippen MR) is 77.1 cm³/mol. The Hall–Kier alpha value is -1.42. The second kappa shape index (κ2) is 5.17. The summed E-state index contributed by atoms with van der Waals surface area (Å²) in [6.07, 6.45) is 3.22. The number of benzene rings is 1. The molecule has 3 rings (SSSR count). The molecular formula is C16H21FN2O. The van der Waals surface area contributed by atoms with Gasteiger partial charge in [-0.2, -0.15) is 0 Å². The molecule has 1 saturated carbocycles. The summed E-state index contributed by atoms with van der Waals surface area (Å²) in [4.78, 5) is 14.5. The Bertz CT molecular complexity index is 494. The average molecular weight is 276 g/mol. The Morgan fingerprint density at radius 1 is 1.35 bits per heavy atom. The molecule has 1 atom stereocenters. The van der Waals surface area contributed by atoms with E-state index in [0.717, 1.165) is 38.0 Å². The van der Waals surface area contributed by atoms with Crippen molar-refractivity contribution in [3.05, 3.63) is 30.1 Å². The van der Waals surface area contributed by atoms with Crippen LogP contribution < -0.4 is 10.2 Å². The molecule has 1 amide bonds. The summed E-state index contributed by atoms with van der Waals surface area (Å²) in [7, 11) is 0. The van der Waals surface area contributed by atoms with E-state index in [0.29, 0.717) is 6.54 Å². The highest BCUT2D eigenvalue weighted by molar-refractivity contribution is 5.97. The summed E-state index contributed by atoms with van der Waals surface area (Å²) in [5.74, 6) is 0.106. The third-order valence-electron chi connectivity index (χ3n) is 4.81. The largest absolute Gasteiger partial charge is 0.317 e. The highest BCUT2D eigenvalue weighted by Crippen LogP contribution is 2.59. The van der Waals surface area contributed by atoms with Crippen molar-refractivity contribution in [2.24, 2.45) is 11.3 Å². The first kappa shape index (κ1) is 13.6. The first-order chi connectivity index (χ1) is 9.66. The Morgan fingerprint density at radius 3 is 2.60 bits per heavy atom. The van der Waals surface area contributed by atoms with Crippen LogP contribution in [0, 0.1) is 17.2 Å². The summed E-state index contributed by atoms with van der Waals surface area (Å²) in [5.41, 5.74) is 1.05. The number of carbonyl (C=O) groups is 1. The van der Waals surface area contributed by atoms with Gasteiger partial charge in [0.2, 0.25) is 5.91 Å². The number of nitrogens with one attached hydrogen (secondary N) is 1. The number of amides is 1. The van der Waals surface area contributed by atoms with E-state index in [1.54, 1.807) is 17.0 Å². The van der Waals surface area contributed by atoms with Crippen molar-refractivity contribution in [2.45, 2.75) is 26.2 Å². The summed E-state index contributed by atoms with van der Waals surface area (Å²) < 4.78 is 13.0. The van der Waals surface area contributed by atoms with Crippen LogP contribution in [-0.4, -0.2) is 25.5 Å². The first-order valence-electron chi connectivity index (χ1n) is 7.44. The summed E-state index contributed by atoms with van der Waals surface area (Å²) >= 11 is 0. The molecule has 1 spiro atoms. The van der Waals surface area contributed by atoms with Crippen LogP contribution >= 0.6 is 0 Å². The minimum absolute atomic E-state index is 0.162. The van der Waals surface area contributed by atoms with Gasteiger partial charge in [0, 0.05) is 18.2 Å². The van der Waals surface area contributed by atoms with Gasteiger partial charge in [-0.25, -0.2) is 4.39 Å². The molecule has 1 aliphatic heterocycles. The number of anilines is 1.